The van der Waals surface area contributed by atoms with E-state index in [1.807, 2.05) is 0 Å². The van der Waals surface area contributed by atoms with Crippen LogP contribution in [-0.2, 0) is 0 Å². The minimum atomic E-state index is -0.365. The fourth-order valence-corrected chi connectivity index (χ4v) is 1.39. The Hall–Kier alpha value is -1.62. The van der Waals surface area contributed by atoms with Gasteiger partial charge in [-0.15, -0.1) is 12.3 Å². The van der Waals surface area contributed by atoms with Crippen molar-refractivity contribution in [3.8, 4) is 12.3 Å². The first-order valence-electron chi connectivity index (χ1n) is 4.87. The number of halogens is 1. The Morgan fingerprint density at radius 3 is 2.80 bits per heavy atom. The Kier molecular flexibility index (Phi) is 4.05. The summed E-state index contributed by atoms with van der Waals surface area (Å²) < 4.78 is 13.0. The molecule has 0 aliphatic heterocycles. The van der Waals surface area contributed by atoms with Crippen molar-refractivity contribution in [1.82, 2.24) is 0 Å². The predicted molar refractivity (Wildman–Crippen MR) is 58.2 cm³/mol. The van der Waals surface area contributed by atoms with Gasteiger partial charge in [0.25, 0.3) is 0 Å². The van der Waals surface area contributed by atoms with E-state index in [1.54, 1.807) is 13.0 Å². The summed E-state index contributed by atoms with van der Waals surface area (Å²) in [4.78, 5) is 11.6. The van der Waals surface area contributed by atoms with Crippen LogP contribution in [0.1, 0.15) is 35.2 Å². The molecule has 0 saturated heterocycles. The zero-order chi connectivity index (χ0) is 11.3. The average molecular weight is 204 g/mol. The number of carbonyl (C=O) groups is 1. The maximum absolute atomic E-state index is 13.0. The van der Waals surface area contributed by atoms with Gasteiger partial charge in [-0.1, -0.05) is 0 Å². The summed E-state index contributed by atoms with van der Waals surface area (Å²) in [5, 5.41) is 0. The average Bonchev–Trinajstić information content (AvgIpc) is 2.16. The van der Waals surface area contributed by atoms with Gasteiger partial charge < -0.3 is 0 Å². The van der Waals surface area contributed by atoms with Crippen molar-refractivity contribution < 1.29 is 9.18 Å². The number of aryl methyl sites for hydroxylation is 1. The van der Waals surface area contributed by atoms with Gasteiger partial charge in [0.2, 0.25) is 0 Å². The Morgan fingerprint density at radius 2 is 2.20 bits per heavy atom. The molecule has 0 amide bonds. The largest absolute Gasteiger partial charge is 0.294 e. The van der Waals surface area contributed by atoms with Crippen molar-refractivity contribution >= 4 is 5.78 Å². The molecule has 0 fully saturated rings. The van der Waals surface area contributed by atoms with Crippen LogP contribution in [0.15, 0.2) is 18.2 Å². The molecule has 1 nitrogen and oxygen atoms in total. The van der Waals surface area contributed by atoms with Crippen LogP contribution < -0.4 is 0 Å². The quantitative estimate of drug-likeness (QED) is 0.418. The van der Waals surface area contributed by atoms with E-state index in [-0.39, 0.29) is 11.6 Å². The SMILES string of the molecule is C#CCCCC(=O)c1cc(C)cc(F)c1. The van der Waals surface area contributed by atoms with Gasteiger partial charge in [0.05, 0.1) is 0 Å². The Balaban J connectivity index is 2.70. The molecule has 78 valence electrons. The minimum Gasteiger partial charge on any atom is -0.294 e. The number of Topliss-reactive ketones (excluding diaryl/α,β-unsaturated/α-hetero) is 1. The van der Waals surface area contributed by atoms with E-state index in [0.717, 1.165) is 5.56 Å². The topological polar surface area (TPSA) is 17.1 Å². The molecule has 0 aliphatic rings. The summed E-state index contributed by atoms with van der Waals surface area (Å²) in [5.41, 5.74) is 1.19. The van der Waals surface area contributed by atoms with Crippen molar-refractivity contribution in [2.24, 2.45) is 0 Å². The normalized spacial score (nSPS) is 9.67. The predicted octanol–water partition coefficient (Wildman–Crippen LogP) is 3.12. The van der Waals surface area contributed by atoms with E-state index in [1.165, 1.54) is 12.1 Å². The first-order valence-corrected chi connectivity index (χ1v) is 4.87. The third-order valence-electron chi connectivity index (χ3n) is 2.09. The van der Waals surface area contributed by atoms with Crippen LogP contribution in [0, 0.1) is 25.1 Å². The number of hydrogen-bond acceptors (Lipinski definition) is 1. The first-order chi connectivity index (χ1) is 7.13. The zero-order valence-corrected chi connectivity index (χ0v) is 8.72. The van der Waals surface area contributed by atoms with Crippen LogP contribution in [0.25, 0.3) is 0 Å². The van der Waals surface area contributed by atoms with E-state index in [9.17, 15) is 9.18 Å². The molecule has 0 unspecified atom stereocenters. The van der Waals surface area contributed by atoms with Crippen LogP contribution >= 0.6 is 0 Å². The molecule has 0 radical (unpaired) electrons. The van der Waals surface area contributed by atoms with Crippen molar-refractivity contribution in [1.29, 1.82) is 0 Å². The molecule has 0 spiro atoms. The van der Waals surface area contributed by atoms with Crippen LogP contribution in [0.3, 0.4) is 0 Å². The Morgan fingerprint density at radius 1 is 1.47 bits per heavy atom. The molecule has 2 heteroatoms. The Labute approximate surface area is 89.3 Å². The molecule has 0 aromatic heterocycles. The van der Waals surface area contributed by atoms with E-state index in [2.05, 4.69) is 5.92 Å². The highest BCUT2D eigenvalue weighted by Crippen LogP contribution is 2.11. The fourth-order valence-electron chi connectivity index (χ4n) is 1.39. The molecule has 15 heavy (non-hydrogen) atoms. The number of terminal acetylenes is 1. The second-order valence-electron chi connectivity index (χ2n) is 3.50. The van der Waals surface area contributed by atoms with E-state index < -0.39 is 0 Å². The van der Waals surface area contributed by atoms with Crippen molar-refractivity contribution in [2.45, 2.75) is 26.2 Å². The van der Waals surface area contributed by atoms with Crippen molar-refractivity contribution in [2.75, 3.05) is 0 Å². The third kappa shape index (κ3) is 3.55. The number of unbranched alkanes of at least 4 members (excludes halogenated alkanes) is 1. The van der Waals surface area contributed by atoms with Crippen molar-refractivity contribution in [3.63, 3.8) is 0 Å². The second kappa shape index (κ2) is 5.31. The van der Waals surface area contributed by atoms with Crippen LogP contribution in [0.2, 0.25) is 0 Å². The monoisotopic (exact) mass is 204 g/mol. The molecule has 1 rings (SSSR count). The van der Waals surface area contributed by atoms with Gasteiger partial charge in [0, 0.05) is 18.4 Å². The van der Waals surface area contributed by atoms with E-state index in [0.29, 0.717) is 24.8 Å². The standard InChI is InChI=1S/C13H13FO/c1-3-4-5-6-13(15)11-7-10(2)8-12(14)9-11/h1,7-9H,4-6H2,2H3. The molecule has 1 aromatic carbocycles. The van der Waals surface area contributed by atoms with Gasteiger partial charge >= 0.3 is 0 Å². The summed E-state index contributed by atoms with van der Waals surface area (Å²) in [6.45, 7) is 1.77. The van der Waals surface area contributed by atoms with Gasteiger partial charge in [-0.05, 0) is 37.1 Å². The lowest BCUT2D eigenvalue weighted by Crippen LogP contribution is -2.00. The lowest BCUT2D eigenvalue weighted by molar-refractivity contribution is 0.0980. The van der Waals surface area contributed by atoms with Crippen LogP contribution in [0.5, 0.6) is 0 Å². The molecule has 0 heterocycles. The molecule has 0 N–H and O–H groups in total. The third-order valence-corrected chi connectivity index (χ3v) is 2.09. The lowest BCUT2D eigenvalue weighted by atomic mass is 10.0. The van der Waals surface area contributed by atoms with Crippen LogP contribution in [-0.4, -0.2) is 5.78 Å². The number of hydrogen-bond donors (Lipinski definition) is 0. The molecular formula is C13H13FO. The molecule has 0 atom stereocenters. The number of benzene rings is 1. The first kappa shape index (κ1) is 11.5. The van der Waals surface area contributed by atoms with Gasteiger partial charge in [-0.25, -0.2) is 4.39 Å². The second-order valence-corrected chi connectivity index (χ2v) is 3.50. The lowest BCUT2D eigenvalue weighted by Gasteiger charge is -2.01. The van der Waals surface area contributed by atoms with Crippen molar-refractivity contribution in [3.05, 3.63) is 35.1 Å². The number of carbonyl (C=O) groups excluding carboxylic acids is 1. The summed E-state index contributed by atoms with van der Waals surface area (Å²) in [7, 11) is 0. The summed E-state index contributed by atoms with van der Waals surface area (Å²) in [6.07, 6.45) is 6.70. The van der Waals surface area contributed by atoms with E-state index >= 15 is 0 Å². The maximum Gasteiger partial charge on any atom is 0.163 e. The van der Waals surface area contributed by atoms with Gasteiger partial charge in [-0.2, -0.15) is 0 Å². The highest BCUT2D eigenvalue weighted by atomic mass is 19.1. The molecule has 1 aromatic rings. The van der Waals surface area contributed by atoms with Gasteiger partial charge in [0.15, 0.2) is 5.78 Å². The van der Waals surface area contributed by atoms with E-state index in [4.69, 9.17) is 6.42 Å². The highest BCUT2D eigenvalue weighted by molar-refractivity contribution is 5.96. The molecule has 0 aliphatic carbocycles. The zero-order valence-electron chi connectivity index (χ0n) is 8.72. The molecule has 0 saturated carbocycles. The number of rotatable bonds is 4. The van der Waals surface area contributed by atoms with Crippen LogP contribution in [0.4, 0.5) is 4.39 Å². The summed E-state index contributed by atoms with van der Waals surface area (Å²) >= 11 is 0. The maximum atomic E-state index is 13.0. The molecule has 0 bridgehead atoms. The summed E-state index contributed by atoms with van der Waals surface area (Å²) in [6, 6.07) is 4.37. The fraction of sp³-hybridized carbons (Fsp3) is 0.308. The highest BCUT2D eigenvalue weighted by Gasteiger charge is 2.07. The molecular weight excluding hydrogens is 191 g/mol. The van der Waals surface area contributed by atoms with Gasteiger partial charge in [0.1, 0.15) is 5.82 Å². The smallest absolute Gasteiger partial charge is 0.163 e. The Bertz CT molecular complexity index is 381. The summed E-state index contributed by atoms with van der Waals surface area (Å²) in [5.74, 6) is 2.06. The van der Waals surface area contributed by atoms with Gasteiger partial charge in [-0.3, -0.25) is 4.79 Å². The minimum absolute atomic E-state index is 0.0483. The number of ketones is 1.